The van der Waals surface area contributed by atoms with Crippen LogP contribution in [0.2, 0.25) is 0 Å². The number of carbonyl (C=O) groups is 1. The second-order valence-corrected chi connectivity index (χ2v) is 5.58. The van der Waals surface area contributed by atoms with Crippen LogP contribution in [-0.4, -0.2) is 42.9 Å². The van der Waals surface area contributed by atoms with Crippen LogP contribution in [0.4, 0.5) is 0 Å². The molecule has 5 heteroatoms. The van der Waals surface area contributed by atoms with Gasteiger partial charge in [0.15, 0.2) is 0 Å². The number of alkyl halides is 1. The minimum absolute atomic E-state index is 0.0133. The Bertz CT molecular complexity index is 448. The van der Waals surface area contributed by atoms with Gasteiger partial charge in [0, 0.05) is 13.1 Å². The first-order valence-corrected chi connectivity index (χ1v) is 8.08. The topological polar surface area (TPSA) is 41.6 Å². The van der Waals surface area contributed by atoms with Gasteiger partial charge in [0.25, 0.3) is 0 Å². The van der Waals surface area contributed by atoms with Crippen molar-refractivity contribution in [3.05, 3.63) is 29.8 Å². The number of hydrogen-bond donors (Lipinski definition) is 1. The third-order valence-electron chi connectivity index (χ3n) is 3.54. The fraction of sp³-hybridized carbons (Fsp3) is 0.562. The molecule has 1 saturated heterocycles. The first kappa shape index (κ1) is 16.1. The Kier molecular flexibility index (Phi) is 6.83. The maximum absolute atomic E-state index is 11.0. The van der Waals surface area contributed by atoms with Crippen LogP contribution in [0.3, 0.4) is 0 Å². The van der Waals surface area contributed by atoms with Crippen molar-refractivity contribution in [2.75, 3.05) is 32.1 Å². The molecule has 1 amide bonds. The number of likely N-dealkylation sites (tertiary alicyclic amines) is 1. The fourth-order valence-corrected chi connectivity index (χ4v) is 2.56. The third-order valence-corrected chi connectivity index (χ3v) is 3.78. The average molecular weight is 311 g/mol. The standard InChI is InChI=1S/C16H23ClN2O2/c17-12-16(20)18-7-4-10-21-15-6-3-5-14(11-15)13-19-8-1-2-9-19/h3,5-6,11H,1-2,4,7-10,12-13H2,(H,18,20). The molecule has 0 saturated carbocycles. The summed E-state index contributed by atoms with van der Waals surface area (Å²) in [4.78, 5) is 13.4. The van der Waals surface area contributed by atoms with Gasteiger partial charge < -0.3 is 10.1 Å². The molecule has 0 atom stereocenters. The number of halogens is 1. The van der Waals surface area contributed by atoms with Crippen LogP contribution in [0.5, 0.6) is 5.75 Å². The minimum Gasteiger partial charge on any atom is -0.494 e. The zero-order chi connectivity index (χ0) is 14.9. The quantitative estimate of drug-likeness (QED) is 0.592. The van der Waals surface area contributed by atoms with Crippen LogP contribution in [0.1, 0.15) is 24.8 Å². The van der Waals surface area contributed by atoms with Crippen molar-refractivity contribution in [3.63, 3.8) is 0 Å². The molecule has 1 heterocycles. The number of ether oxygens (including phenoxy) is 1. The third kappa shape index (κ3) is 5.94. The van der Waals surface area contributed by atoms with Crippen molar-refractivity contribution in [2.45, 2.75) is 25.8 Å². The van der Waals surface area contributed by atoms with Crippen LogP contribution in [-0.2, 0) is 11.3 Å². The summed E-state index contributed by atoms with van der Waals surface area (Å²) in [5, 5.41) is 2.72. The monoisotopic (exact) mass is 310 g/mol. The summed E-state index contributed by atoms with van der Waals surface area (Å²) in [7, 11) is 0. The Hall–Kier alpha value is -1.26. The van der Waals surface area contributed by atoms with E-state index < -0.39 is 0 Å². The zero-order valence-electron chi connectivity index (χ0n) is 12.3. The Labute approximate surface area is 131 Å². The maximum Gasteiger partial charge on any atom is 0.234 e. The van der Waals surface area contributed by atoms with Crippen LogP contribution in [0, 0.1) is 0 Å². The van der Waals surface area contributed by atoms with E-state index in [1.54, 1.807) is 0 Å². The molecule has 21 heavy (non-hydrogen) atoms. The summed E-state index contributed by atoms with van der Waals surface area (Å²) in [6.07, 6.45) is 3.40. The van der Waals surface area contributed by atoms with Gasteiger partial charge in [-0.2, -0.15) is 0 Å². The Morgan fingerprint density at radius 3 is 2.90 bits per heavy atom. The highest BCUT2D eigenvalue weighted by molar-refractivity contribution is 6.27. The lowest BCUT2D eigenvalue weighted by atomic mass is 10.2. The highest BCUT2D eigenvalue weighted by atomic mass is 35.5. The number of benzene rings is 1. The predicted octanol–water partition coefficient (Wildman–Crippen LogP) is 2.41. The summed E-state index contributed by atoms with van der Waals surface area (Å²) >= 11 is 5.40. The van der Waals surface area contributed by atoms with Crippen molar-refractivity contribution < 1.29 is 9.53 Å². The van der Waals surface area contributed by atoms with E-state index in [-0.39, 0.29) is 11.8 Å². The molecular formula is C16H23ClN2O2. The number of carbonyl (C=O) groups excluding carboxylic acids is 1. The van der Waals surface area contributed by atoms with E-state index in [1.807, 2.05) is 12.1 Å². The van der Waals surface area contributed by atoms with Crippen LogP contribution in [0.25, 0.3) is 0 Å². The molecule has 2 rings (SSSR count). The van der Waals surface area contributed by atoms with E-state index >= 15 is 0 Å². The van der Waals surface area contributed by atoms with Crippen molar-refractivity contribution in [1.82, 2.24) is 10.2 Å². The molecule has 0 spiro atoms. The first-order chi connectivity index (χ1) is 10.3. The molecule has 0 aliphatic carbocycles. The molecule has 1 fully saturated rings. The molecule has 116 valence electrons. The molecule has 1 aromatic carbocycles. The second-order valence-electron chi connectivity index (χ2n) is 5.32. The lowest BCUT2D eigenvalue weighted by Crippen LogP contribution is -2.26. The van der Waals surface area contributed by atoms with Gasteiger partial charge in [-0.25, -0.2) is 0 Å². The normalized spacial score (nSPS) is 15.1. The molecule has 0 aromatic heterocycles. The summed E-state index contributed by atoms with van der Waals surface area (Å²) in [5.41, 5.74) is 1.30. The van der Waals surface area contributed by atoms with Crippen LogP contribution < -0.4 is 10.1 Å². The van der Waals surface area contributed by atoms with E-state index in [2.05, 4.69) is 22.3 Å². The van der Waals surface area contributed by atoms with Gasteiger partial charge in [0.2, 0.25) is 5.91 Å². The first-order valence-electron chi connectivity index (χ1n) is 7.54. The van der Waals surface area contributed by atoms with Gasteiger partial charge in [0.05, 0.1) is 6.61 Å². The van der Waals surface area contributed by atoms with E-state index in [4.69, 9.17) is 16.3 Å². The van der Waals surface area contributed by atoms with Gasteiger partial charge in [-0.1, -0.05) is 12.1 Å². The van der Waals surface area contributed by atoms with Gasteiger partial charge in [-0.15, -0.1) is 11.6 Å². The Morgan fingerprint density at radius 1 is 1.33 bits per heavy atom. The Balaban J connectivity index is 1.69. The zero-order valence-corrected chi connectivity index (χ0v) is 13.1. The minimum atomic E-state index is -0.135. The second kappa shape index (κ2) is 8.90. The van der Waals surface area contributed by atoms with E-state index in [0.29, 0.717) is 13.2 Å². The average Bonchev–Trinajstić information content (AvgIpc) is 3.00. The molecule has 0 bridgehead atoms. The largest absolute Gasteiger partial charge is 0.494 e. The number of hydrogen-bond acceptors (Lipinski definition) is 3. The lowest BCUT2D eigenvalue weighted by molar-refractivity contribution is -0.118. The van der Waals surface area contributed by atoms with Crippen molar-refractivity contribution in [1.29, 1.82) is 0 Å². The molecule has 0 unspecified atom stereocenters. The van der Waals surface area contributed by atoms with Gasteiger partial charge in [-0.05, 0) is 50.0 Å². The highest BCUT2D eigenvalue weighted by Gasteiger charge is 2.11. The van der Waals surface area contributed by atoms with Crippen LogP contribution in [0.15, 0.2) is 24.3 Å². The van der Waals surface area contributed by atoms with Crippen LogP contribution >= 0.6 is 11.6 Å². The predicted molar refractivity (Wildman–Crippen MR) is 84.8 cm³/mol. The Morgan fingerprint density at radius 2 is 2.14 bits per heavy atom. The smallest absolute Gasteiger partial charge is 0.234 e. The molecule has 1 aliphatic rings. The maximum atomic E-state index is 11.0. The molecule has 1 aromatic rings. The molecule has 1 aliphatic heterocycles. The van der Waals surface area contributed by atoms with E-state index in [9.17, 15) is 4.79 Å². The fourth-order valence-electron chi connectivity index (χ4n) is 2.47. The molecular weight excluding hydrogens is 288 g/mol. The molecule has 1 N–H and O–H groups in total. The number of rotatable bonds is 8. The number of nitrogens with one attached hydrogen (secondary N) is 1. The lowest BCUT2D eigenvalue weighted by Gasteiger charge is -2.15. The SMILES string of the molecule is O=C(CCl)NCCCOc1cccc(CN2CCCC2)c1. The van der Waals surface area contributed by atoms with Gasteiger partial charge in [-0.3, -0.25) is 9.69 Å². The van der Waals surface area contributed by atoms with Gasteiger partial charge >= 0.3 is 0 Å². The summed E-state index contributed by atoms with van der Waals surface area (Å²) < 4.78 is 5.72. The van der Waals surface area contributed by atoms with Crippen molar-refractivity contribution >= 4 is 17.5 Å². The van der Waals surface area contributed by atoms with E-state index in [1.165, 1.54) is 31.5 Å². The number of amides is 1. The summed E-state index contributed by atoms with van der Waals surface area (Å²) in [6.45, 7) is 4.59. The molecule has 4 nitrogen and oxygen atoms in total. The summed E-state index contributed by atoms with van der Waals surface area (Å²) in [6, 6.07) is 8.27. The van der Waals surface area contributed by atoms with E-state index in [0.717, 1.165) is 18.7 Å². The number of nitrogens with zero attached hydrogens (tertiary/aromatic N) is 1. The highest BCUT2D eigenvalue weighted by Crippen LogP contribution is 2.17. The summed E-state index contributed by atoms with van der Waals surface area (Å²) in [5.74, 6) is 0.777. The van der Waals surface area contributed by atoms with Crippen molar-refractivity contribution in [2.24, 2.45) is 0 Å². The molecule has 0 radical (unpaired) electrons. The van der Waals surface area contributed by atoms with Crippen molar-refractivity contribution in [3.8, 4) is 5.75 Å². The van der Waals surface area contributed by atoms with Gasteiger partial charge in [0.1, 0.15) is 11.6 Å².